The molecular formula is C15H17N3O. The second kappa shape index (κ2) is 5.72. The van der Waals surface area contributed by atoms with E-state index in [1.54, 1.807) is 0 Å². The zero-order valence-corrected chi connectivity index (χ0v) is 11.2. The number of benzene rings is 1. The molecule has 1 aliphatic rings. The lowest BCUT2D eigenvalue weighted by atomic mass is 9.95. The molecule has 0 spiro atoms. The van der Waals surface area contributed by atoms with Gasteiger partial charge >= 0.3 is 0 Å². The first kappa shape index (κ1) is 13.4. The van der Waals surface area contributed by atoms with Crippen molar-refractivity contribution < 1.29 is 4.79 Å². The van der Waals surface area contributed by atoms with Gasteiger partial charge in [-0.1, -0.05) is 55.8 Å². The zero-order valence-electron chi connectivity index (χ0n) is 11.2. The Morgan fingerprint density at radius 2 is 2.05 bits per heavy atom. The van der Waals surface area contributed by atoms with Crippen molar-refractivity contribution in [1.82, 2.24) is 0 Å². The summed E-state index contributed by atoms with van der Waals surface area (Å²) >= 11 is 0. The van der Waals surface area contributed by atoms with Crippen molar-refractivity contribution in [3.8, 4) is 0 Å². The monoisotopic (exact) mass is 255 g/mol. The molecule has 4 nitrogen and oxygen atoms in total. The molecule has 0 aliphatic heterocycles. The number of hydrogen-bond donors (Lipinski definition) is 0. The van der Waals surface area contributed by atoms with E-state index in [4.69, 9.17) is 5.53 Å². The Balaban J connectivity index is 2.18. The summed E-state index contributed by atoms with van der Waals surface area (Å²) in [4.78, 5) is 14.1. The highest BCUT2D eigenvalue weighted by Gasteiger charge is 2.44. The standard InChI is InChI=1S/C15H17N3O/c1-10(2)12(8-11-6-4-3-5-7-11)13-9-14(13)15(19)17-18-16/h3-8,10,13-14H,9H2,1-2H3/b12-8+. The van der Waals surface area contributed by atoms with E-state index in [1.807, 2.05) is 18.2 Å². The summed E-state index contributed by atoms with van der Waals surface area (Å²) in [5.74, 6) is 0.174. The van der Waals surface area contributed by atoms with E-state index < -0.39 is 0 Å². The van der Waals surface area contributed by atoms with Crippen LogP contribution in [0.2, 0.25) is 0 Å². The number of nitrogens with zero attached hydrogens (tertiary/aromatic N) is 3. The average molecular weight is 255 g/mol. The first-order valence-corrected chi connectivity index (χ1v) is 6.49. The van der Waals surface area contributed by atoms with E-state index >= 15 is 0 Å². The third kappa shape index (κ3) is 3.24. The van der Waals surface area contributed by atoms with E-state index in [-0.39, 0.29) is 17.7 Å². The molecule has 2 unspecified atom stereocenters. The molecule has 1 amide bonds. The van der Waals surface area contributed by atoms with Crippen LogP contribution in [-0.4, -0.2) is 5.91 Å². The number of carbonyl (C=O) groups is 1. The summed E-state index contributed by atoms with van der Waals surface area (Å²) in [6.07, 6.45) is 2.95. The van der Waals surface area contributed by atoms with E-state index in [0.29, 0.717) is 5.92 Å². The van der Waals surface area contributed by atoms with Crippen LogP contribution < -0.4 is 0 Å². The van der Waals surface area contributed by atoms with Gasteiger partial charge in [0.25, 0.3) is 0 Å². The van der Waals surface area contributed by atoms with Gasteiger partial charge in [0.1, 0.15) is 0 Å². The number of azide groups is 1. The van der Waals surface area contributed by atoms with Gasteiger partial charge in [-0.05, 0) is 34.5 Å². The molecule has 0 heterocycles. The topological polar surface area (TPSA) is 65.8 Å². The van der Waals surface area contributed by atoms with Crippen LogP contribution in [0.1, 0.15) is 25.8 Å². The fourth-order valence-corrected chi connectivity index (χ4v) is 2.40. The summed E-state index contributed by atoms with van der Waals surface area (Å²) < 4.78 is 0. The molecule has 2 atom stereocenters. The maximum absolute atomic E-state index is 11.5. The highest BCUT2D eigenvalue weighted by atomic mass is 16.2. The van der Waals surface area contributed by atoms with Gasteiger partial charge in [0.15, 0.2) is 0 Å². The predicted molar refractivity (Wildman–Crippen MR) is 75.0 cm³/mol. The number of hydrogen-bond acceptors (Lipinski definition) is 1. The molecule has 0 saturated heterocycles. The Hall–Kier alpha value is -2.06. The Morgan fingerprint density at radius 1 is 1.37 bits per heavy atom. The first-order valence-electron chi connectivity index (χ1n) is 6.49. The first-order chi connectivity index (χ1) is 9.13. The predicted octanol–water partition coefficient (Wildman–Crippen LogP) is 4.20. The summed E-state index contributed by atoms with van der Waals surface area (Å²) in [5, 5.41) is 3.20. The lowest BCUT2D eigenvalue weighted by Crippen LogP contribution is -2.03. The molecule has 98 valence electrons. The Morgan fingerprint density at radius 3 is 2.63 bits per heavy atom. The summed E-state index contributed by atoms with van der Waals surface area (Å²) in [7, 11) is 0. The molecule has 19 heavy (non-hydrogen) atoms. The van der Waals surface area contributed by atoms with Crippen molar-refractivity contribution in [2.24, 2.45) is 22.9 Å². The van der Waals surface area contributed by atoms with Crippen LogP contribution in [0.4, 0.5) is 0 Å². The molecule has 1 saturated carbocycles. The van der Waals surface area contributed by atoms with Gasteiger partial charge < -0.3 is 0 Å². The minimum absolute atomic E-state index is 0.117. The molecule has 1 aliphatic carbocycles. The molecule has 1 aromatic carbocycles. The van der Waals surface area contributed by atoms with Crippen LogP contribution >= 0.6 is 0 Å². The van der Waals surface area contributed by atoms with E-state index in [9.17, 15) is 4.79 Å². The van der Waals surface area contributed by atoms with Gasteiger partial charge in [0, 0.05) is 10.8 Å². The van der Waals surface area contributed by atoms with Crippen molar-refractivity contribution >= 4 is 12.0 Å². The van der Waals surface area contributed by atoms with Crippen molar-refractivity contribution in [2.75, 3.05) is 0 Å². The Labute approximate surface area is 112 Å². The number of amides is 1. The second-order valence-electron chi connectivity index (χ2n) is 5.19. The van der Waals surface area contributed by atoms with E-state index in [1.165, 1.54) is 5.57 Å². The third-order valence-corrected chi connectivity index (χ3v) is 3.48. The van der Waals surface area contributed by atoms with Gasteiger partial charge in [-0.25, -0.2) is 0 Å². The van der Waals surface area contributed by atoms with Crippen LogP contribution in [-0.2, 0) is 4.79 Å². The maximum Gasteiger partial charge on any atom is 0.222 e. The quantitative estimate of drug-likeness (QED) is 0.451. The number of carbonyl (C=O) groups excluding carboxylic acids is 1. The van der Waals surface area contributed by atoms with Crippen molar-refractivity contribution in [1.29, 1.82) is 0 Å². The third-order valence-electron chi connectivity index (χ3n) is 3.48. The Bertz CT molecular complexity index is 542. The zero-order chi connectivity index (χ0) is 13.8. The highest BCUT2D eigenvalue weighted by Crippen LogP contribution is 2.48. The molecule has 2 rings (SSSR count). The minimum Gasteiger partial charge on any atom is -0.292 e. The van der Waals surface area contributed by atoms with Crippen LogP contribution in [0.25, 0.3) is 16.5 Å². The van der Waals surface area contributed by atoms with Gasteiger partial charge in [-0.15, -0.1) is 0 Å². The molecule has 0 N–H and O–H groups in total. The molecule has 4 heteroatoms. The average Bonchev–Trinajstić information content (AvgIpc) is 3.17. The van der Waals surface area contributed by atoms with Gasteiger partial charge in [-0.3, -0.25) is 4.79 Å². The normalized spacial score (nSPS) is 21.9. The fraction of sp³-hybridized carbons (Fsp3) is 0.400. The summed E-state index contributed by atoms with van der Waals surface area (Å²) in [6, 6.07) is 10.1. The lowest BCUT2D eigenvalue weighted by Gasteiger charge is -2.11. The molecular weight excluding hydrogens is 238 g/mol. The van der Waals surface area contributed by atoms with Gasteiger partial charge in [0.05, 0.1) is 0 Å². The second-order valence-corrected chi connectivity index (χ2v) is 5.19. The maximum atomic E-state index is 11.5. The smallest absolute Gasteiger partial charge is 0.222 e. The largest absolute Gasteiger partial charge is 0.292 e. The van der Waals surface area contributed by atoms with Crippen LogP contribution in [0.5, 0.6) is 0 Å². The highest BCUT2D eigenvalue weighted by molar-refractivity contribution is 5.83. The SMILES string of the molecule is CC(C)/C(=C\c1ccccc1)C1CC1C(=O)N=[N+]=[N-]. The summed E-state index contributed by atoms with van der Waals surface area (Å²) in [6.45, 7) is 4.25. The number of allylic oxidation sites excluding steroid dienone is 1. The number of rotatable bonds is 4. The van der Waals surface area contributed by atoms with Crippen LogP contribution in [0.15, 0.2) is 41.0 Å². The van der Waals surface area contributed by atoms with Crippen molar-refractivity contribution in [3.63, 3.8) is 0 Å². The molecule has 0 aromatic heterocycles. The summed E-state index contributed by atoms with van der Waals surface area (Å²) in [5.41, 5.74) is 10.7. The molecule has 0 bridgehead atoms. The van der Waals surface area contributed by atoms with E-state index in [0.717, 1.165) is 12.0 Å². The van der Waals surface area contributed by atoms with Crippen LogP contribution in [0.3, 0.4) is 0 Å². The molecule has 0 radical (unpaired) electrons. The van der Waals surface area contributed by atoms with Crippen LogP contribution in [0, 0.1) is 17.8 Å². The minimum atomic E-state index is -0.327. The van der Waals surface area contributed by atoms with E-state index in [2.05, 4.69) is 42.1 Å². The van der Waals surface area contributed by atoms with Gasteiger partial charge in [0.2, 0.25) is 5.91 Å². The van der Waals surface area contributed by atoms with Crippen molar-refractivity contribution in [2.45, 2.75) is 20.3 Å². The lowest BCUT2D eigenvalue weighted by molar-refractivity contribution is -0.119. The fourth-order valence-electron chi connectivity index (χ4n) is 2.40. The van der Waals surface area contributed by atoms with Crippen molar-refractivity contribution in [3.05, 3.63) is 51.9 Å². The molecule has 1 fully saturated rings. The Kier molecular flexibility index (Phi) is 4.03. The molecule has 1 aromatic rings. The van der Waals surface area contributed by atoms with Gasteiger partial charge in [-0.2, -0.15) is 0 Å².